The summed E-state index contributed by atoms with van der Waals surface area (Å²) in [6, 6.07) is 7.47. The third kappa shape index (κ3) is 4.37. The van der Waals surface area contributed by atoms with E-state index in [-0.39, 0.29) is 12.3 Å². The van der Waals surface area contributed by atoms with Gasteiger partial charge in [-0.3, -0.25) is 14.4 Å². The van der Waals surface area contributed by atoms with E-state index in [0.717, 1.165) is 33.8 Å². The summed E-state index contributed by atoms with van der Waals surface area (Å²) in [6.07, 6.45) is -0.589. The van der Waals surface area contributed by atoms with Gasteiger partial charge < -0.3 is 0 Å². The minimum Gasteiger partial charge on any atom is -0.297 e. The van der Waals surface area contributed by atoms with Gasteiger partial charge >= 0.3 is 6.18 Å². The average Bonchev–Trinajstić information content (AvgIpc) is 3.12. The van der Waals surface area contributed by atoms with E-state index < -0.39 is 11.4 Å². The molecule has 3 aromatic rings. The van der Waals surface area contributed by atoms with Gasteiger partial charge in [0.1, 0.15) is 10.9 Å². The van der Waals surface area contributed by atoms with Crippen LogP contribution < -0.4 is 0 Å². The largest absolute Gasteiger partial charge is 0.401 e. The van der Waals surface area contributed by atoms with Crippen molar-refractivity contribution in [3.8, 4) is 11.1 Å². The number of rotatable bonds is 4. The molecule has 0 aliphatic carbocycles. The van der Waals surface area contributed by atoms with Gasteiger partial charge in [0.05, 0.1) is 11.7 Å². The van der Waals surface area contributed by atoms with Crippen LogP contribution in [0.1, 0.15) is 23.0 Å². The standard InChI is InChI=1S/C21H21F3N4OS/c1-13(29)18-8-17(15-9-25-27(2)11-15)16-4-3-14(7-19(16)26-18)10-28-5-6-30-20(12-28)21(22,23)24/h3-4,7-9,11,20H,5-6,10,12H2,1-2H3. The maximum Gasteiger partial charge on any atom is 0.401 e. The van der Waals surface area contributed by atoms with Gasteiger partial charge in [-0.15, -0.1) is 11.8 Å². The summed E-state index contributed by atoms with van der Waals surface area (Å²) >= 11 is 0.969. The lowest BCUT2D eigenvalue weighted by Crippen LogP contribution is -2.44. The molecule has 0 radical (unpaired) electrons. The quantitative estimate of drug-likeness (QED) is 0.573. The van der Waals surface area contributed by atoms with Crippen LogP contribution in [0.3, 0.4) is 0 Å². The molecule has 30 heavy (non-hydrogen) atoms. The molecule has 1 fully saturated rings. The van der Waals surface area contributed by atoms with Crippen LogP contribution in [0, 0.1) is 0 Å². The van der Waals surface area contributed by atoms with Crippen molar-refractivity contribution in [2.24, 2.45) is 7.05 Å². The lowest BCUT2D eigenvalue weighted by molar-refractivity contribution is -0.133. The first-order valence-electron chi connectivity index (χ1n) is 9.55. The number of fused-ring (bicyclic) bond motifs is 1. The smallest absolute Gasteiger partial charge is 0.297 e. The highest BCUT2D eigenvalue weighted by molar-refractivity contribution is 8.00. The molecule has 0 amide bonds. The number of aromatic nitrogens is 3. The highest BCUT2D eigenvalue weighted by Gasteiger charge is 2.42. The van der Waals surface area contributed by atoms with Gasteiger partial charge in [0.15, 0.2) is 5.78 Å². The fraction of sp³-hybridized carbons (Fsp3) is 0.381. The molecule has 0 N–H and O–H groups in total. The van der Waals surface area contributed by atoms with Crippen molar-refractivity contribution in [2.75, 3.05) is 18.8 Å². The third-order valence-electron chi connectivity index (χ3n) is 5.17. The van der Waals surface area contributed by atoms with Crippen LogP contribution in [0.5, 0.6) is 0 Å². The molecule has 1 atom stereocenters. The fourth-order valence-corrected chi connectivity index (χ4v) is 4.81. The monoisotopic (exact) mass is 434 g/mol. The summed E-state index contributed by atoms with van der Waals surface area (Å²) < 4.78 is 41.0. The van der Waals surface area contributed by atoms with E-state index in [9.17, 15) is 18.0 Å². The lowest BCUT2D eigenvalue weighted by atomic mass is 10.0. The van der Waals surface area contributed by atoms with Gasteiger partial charge in [0.2, 0.25) is 0 Å². The fourth-order valence-electron chi connectivity index (χ4n) is 3.65. The molecular formula is C21H21F3N4OS. The van der Waals surface area contributed by atoms with Gasteiger partial charge in [-0.05, 0) is 23.3 Å². The number of hydrogen-bond acceptors (Lipinski definition) is 5. The molecule has 1 aliphatic rings. The van der Waals surface area contributed by atoms with Crippen molar-refractivity contribution in [3.05, 3.63) is 47.9 Å². The van der Waals surface area contributed by atoms with E-state index in [1.54, 1.807) is 16.9 Å². The van der Waals surface area contributed by atoms with Crippen LogP contribution >= 0.6 is 11.8 Å². The Morgan fingerprint density at radius 2 is 2.10 bits per heavy atom. The number of ketones is 1. The second kappa shape index (κ2) is 8.03. The van der Waals surface area contributed by atoms with Crippen molar-refractivity contribution < 1.29 is 18.0 Å². The number of benzene rings is 1. The molecule has 9 heteroatoms. The van der Waals surface area contributed by atoms with E-state index in [1.807, 2.05) is 36.3 Å². The number of Topliss-reactive ketones (excluding diaryl/α,β-unsaturated/α-hetero) is 1. The predicted molar refractivity (Wildman–Crippen MR) is 112 cm³/mol. The molecule has 0 bridgehead atoms. The van der Waals surface area contributed by atoms with E-state index in [1.165, 1.54) is 6.92 Å². The summed E-state index contributed by atoms with van der Waals surface area (Å²) in [6.45, 7) is 2.47. The molecule has 3 heterocycles. The lowest BCUT2D eigenvalue weighted by Gasteiger charge is -2.33. The highest BCUT2D eigenvalue weighted by Crippen LogP contribution is 2.34. The Labute approximate surface area is 176 Å². The summed E-state index contributed by atoms with van der Waals surface area (Å²) in [5, 5.41) is 3.73. The number of alkyl halides is 3. The van der Waals surface area contributed by atoms with Crippen LogP contribution in [0.15, 0.2) is 36.7 Å². The van der Waals surface area contributed by atoms with Gasteiger partial charge in [-0.25, -0.2) is 4.98 Å². The first kappa shape index (κ1) is 20.9. The topological polar surface area (TPSA) is 51.0 Å². The Balaban J connectivity index is 1.67. The van der Waals surface area contributed by atoms with Crippen LogP contribution in [0.25, 0.3) is 22.0 Å². The van der Waals surface area contributed by atoms with Crippen LogP contribution in [-0.2, 0) is 13.6 Å². The summed E-state index contributed by atoms with van der Waals surface area (Å²) in [7, 11) is 1.82. The maximum atomic E-state index is 13.1. The molecule has 4 rings (SSSR count). The molecule has 158 valence electrons. The summed E-state index contributed by atoms with van der Waals surface area (Å²) in [5.74, 6) is 0.309. The van der Waals surface area contributed by atoms with Crippen molar-refractivity contribution in [3.63, 3.8) is 0 Å². The Hall–Kier alpha value is -2.39. The molecule has 0 saturated carbocycles. The second-order valence-electron chi connectivity index (χ2n) is 7.50. The van der Waals surface area contributed by atoms with Crippen LogP contribution in [0.2, 0.25) is 0 Å². The molecule has 1 unspecified atom stereocenters. The maximum absolute atomic E-state index is 13.1. The van der Waals surface area contributed by atoms with Gasteiger partial charge in [-0.2, -0.15) is 18.3 Å². The van der Waals surface area contributed by atoms with Gasteiger partial charge in [0, 0.05) is 56.5 Å². The molecule has 1 saturated heterocycles. The Bertz CT molecular complexity index is 1100. The zero-order valence-electron chi connectivity index (χ0n) is 16.6. The van der Waals surface area contributed by atoms with E-state index >= 15 is 0 Å². The number of thioether (sulfide) groups is 1. The van der Waals surface area contributed by atoms with Crippen LogP contribution in [0.4, 0.5) is 13.2 Å². The van der Waals surface area contributed by atoms with Crippen molar-refractivity contribution in [2.45, 2.75) is 24.9 Å². The van der Waals surface area contributed by atoms with Gasteiger partial charge in [0.25, 0.3) is 0 Å². The minimum absolute atomic E-state index is 0.0198. The third-order valence-corrected chi connectivity index (χ3v) is 6.41. The SMILES string of the molecule is CC(=O)c1cc(-c2cnn(C)c2)c2ccc(CN3CCSC(C(F)(F)F)C3)cc2n1. The first-order valence-corrected chi connectivity index (χ1v) is 10.6. The number of halogens is 3. The van der Waals surface area contributed by atoms with E-state index in [0.29, 0.717) is 30.1 Å². The zero-order chi connectivity index (χ0) is 21.5. The average molecular weight is 434 g/mol. The van der Waals surface area contributed by atoms with Crippen molar-refractivity contribution in [1.29, 1.82) is 0 Å². The molecule has 5 nitrogen and oxygen atoms in total. The Morgan fingerprint density at radius 3 is 2.77 bits per heavy atom. The second-order valence-corrected chi connectivity index (χ2v) is 8.81. The number of nitrogens with zero attached hydrogens (tertiary/aromatic N) is 4. The number of pyridine rings is 1. The summed E-state index contributed by atoms with van der Waals surface area (Å²) in [4.78, 5) is 18.3. The molecule has 2 aromatic heterocycles. The highest BCUT2D eigenvalue weighted by atomic mass is 32.2. The Kier molecular flexibility index (Phi) is 5.59. The number of hydrogen-bond donors (Lipinski definition) is 0. The normalized spacial score (nSPS) is 18.1. The molecule has 0 spiro atoms. The number of carbonyl (C=O) groups excluding carboxylic acids is 1. The Morgan fingerprint density at radius 1 is 1.30 bits per heavy atom. The molecule has 1 aliphatic heterocycles. The van der Waals surface area contributed by atoms with Crippen molar-refractivity contribution in [1.82, 2.24) is 19.7 Å². The van der Waals surface area contributed by atoms with Crippen molar-refractivity contribution >= 4 is 28.4 Å². The van der Waals surface area contributed by atoms with E-state index in [4.69, 9.17) is 0 Å². The number of aryl methyl sites for hydroxylation is 1. The predicted octanol–water partition coefficient (Wildman–Crippen LogP) is 4.32. The number of carbonyl (C=O) groups is 1. The zero-order valence-corrected chi connectivity index (χ0v) is 17.4. The minimum atomic E-state index is -4.19. The van der Waals surface area contributed by atoms with E-state index in [2.05, 4.69) is 10.1 Å². The molecule has 1 aromatic carbocycles. The van der Waals surface area contributed by atoms with Crippen LogP contribution in [-0.4, -0.2) is 55.7 Å². The molecular weight excluding hydrogens is 413 g/mol. The van der Waals surface area contributed by atoms with Gasteiger partial charge in [-0.1, -0.05) is 12.1 Å². The first-order chi connectivity index (χ1) is 14.2. The summed E-state index contributed by atoms with van der Waals surface area (Å²) in [5.41, 5.74) is 3.61.